The van der Waals surface area contributed by atoms with Crippen LogP contribution in [0.15, 0.2) is 11.1 Å². The van der Waals surface area contributed by atoms with E-state index in [1.165, 1.54) is 0 Å². The van der Waals surface area contributed by atoms with Crippen molar-refractivity contribution in [2.24, 2.45) is 5.92 Å². The van der Waals surface area contributed by atoms with Gasteiger partial charge in [-0.3, -0.25) is 9.59 Å². The highest BCUT2D eigenvalue weighted by molar-refractivity contribution is 5.95. The van der Waals surface area contributed by atoms with E-state index >= 15 is 0 Å². The third kappa shape index (κ3) is 10.2. The molecule has 0 amide bonds. The second kappa shape index (κ2) is 12.0. The van der Waals surface area contributed by atoms with Gasteiger partial charge >= 0.3 is 23.9 Å². The Bertz CT molecular complexity index is 521. The van der Waals surface area contributed by atoms with Crippen LogP contribution in [0.25, 0.3) is 0 Å². The average molecular weight is 358 g/mol. The number of rotatable bonds is 13. The number of carbonyl (C=O) groups is 4. The van der Waals surface area contributed by atoms with Crippen molar-refractivity contribution in [3.63, 3.8) is 0 Å². The number of aliphatic carboxylic acids is 3. The highest BCUT2D eigenvalue weighted by Gasteiger charge is 2.24. The Morgan fingerprint density at radius 2 is 1.52 bits per heavy atom. The Hall–Kier alpha value is -2.38. The standard InChI is InChI=1S/C17H26O8/c1-3-5-6-11(4-2)7-12(8-14(18)19)13(9-15(20)21)17(24)25-10-16(22)23/h11H,3-10H2,1-2H3,(H,18,19)(H,20,21)(H,22,23). The second-order valence-electron chi connectivity index (χ2n) is 5.81. The van der Waals surface area contributed by atoms with Gasteiger partial charge in [-0.2, -0.15) is 0 Å². The van der Waals surface area contributed by atoms with E-state index < -0.39 is 43.3 Å². The van der Waals surface area contributed by atoms with Crippen molar-refractivity contribution < 1.29 is 39.2 Å². The molecule has 0 heterocycles. The van der Waals surface area contributed by atoms with E-state index in [1.54, 1.807) is 0 Å². The van der Waals surface area contributed by atoms with Crippen molar-refractivity contribution in [1.82, 2.24) is 0 Å². The van der Waals surface area contributed by atoms with Gasteiger partial charge in [-0.25, -0.2) is 9.59 Å². The van der Waals surface area contributed by atoms with E-state index in [-0.39, 0.29) is 23.5 Å². The Labute approximate surface area is 146 Å². The molecule has 0 aromatic rings. The average Bonchev–Trinajstić information content (AvgIpc) is 2.52. The van der Waals surface area contributed by atoms with Gasteiger partial charge in [-0.15, -0.1) is 0 Å². The molecule has 0 saturated heterocycles. The topological polar surface area (TPSA) is 138 Å². The molecule has 0 bridgehead atoms. The quantitative estimate of drug-likeness (QED) is 0.337. The summed E-state index contributed by atoms with van der Waals surface area (Å²) in [5.41, 5.74) is -0.0839. The largest absolute Gasteiger partial charge is 0.481 e. The van der Waals surface area contributed by atoms with Crippen LogP contribution in [0.5, 0.6) is 0 Å². The number of carboxylic acids is 3. The van der Waals surface area contributed by atoms with Gasteiger partial charge in [0.15, 0.2) is 6.61 Å². The van der Waals surface area contributed by atoms with Gasteiger partial charge in [-0.1, -0.05) is 39.5 Å². The summed E-state index contributed by atoms with van der Waals surface area (Å²) in [4.78, 5) is 44.8. The maximum atomic E-state index is 12.1. The van der Waals surface area contributed by atoms with E-state index in [0.29, 0.717) is 0 Å². The first kappa shape index (κ1) is 22.6. The van der Waals surface area contributed by atoms with Crippen LogP contribution in [-0.4, -0.2) is 45.8 Å². The van der Waals surface area contributed by atoms with Crippen LogP contribution in [0, 0.1) is 5.92 Å². The van der Waals surface area contributed by atoms with Crippen LogP contribution in [0.4, 0.5) is 0 Å². The zero-order valence-corrected chi connectivity index (χ0v) is 14.6. The fourth-order valence-electron chi connectivity index (χ4n) is 2.48. The van der Waals surface area contributed by atoms with Gasteiger partial charge in [0.2, 0.25) is 0 Å². The van der Waals surface area contributed by atoms with Crippen LogP contribution < -0.4 is 0 Å². The van der Waals surface area contributed by atoms with Crippen molar-refractivity contribution in [3.8, 4) is 0 Å². The first-order valence-corrected chi connectivity index (χ1v) is 8.24. The van der Waals surface area contributed by atoms with Crippen molar-refractivity contribution in [2.75, 3.05) is 6.61 Å². The summed E-state index contributed by atoms with van der Waals surface area (Å²) in [5, 5.41) is 26.7. The zero-order chi connectivity index (χ0) is 19.4. The summed E-state index contributed by atoms with van der Waals surface area (Å²) < 4.78 is 4.57. The molecule has 1 atom stereocenters. The Morgan fingerprint density at radius 1 is 0.920 bits per heavy atom. The number of unbranched alkanes of at least 4 members (excludes halogenated alkanes) is 1. The molecule has 0 aliphatic heterocycles. The van der Waals surface area contributed by atoms with Gasteiger partial charge in [0.05, 0.1) is 12.8 Å². The van der Waals surface area contributed by atoms with E-state index in [2.05, 4.69) is 4.74 Å². The summed E-state index contributed by atoms with van der Waals surface area (Å²) in [6.07, 6.45) is 2.59. The molecule has 1 unspecified atom stereocenters. The highest BCUT2D eigenvalue weighted by Crippen LogP contribution is 2.27. The molecule has 0 radical (unpaired) electrons. The molecule has 0 aromatic heterocycles. The van der Waals surface area contributed by atoms with E-state index in [4.69, 9.17) is 15.3 Å². The number of carbonyl (C=O) groups excluding carboxylic acids is 1. The van der Waals surface area contributed by atoms with Gasteiger partial charge in [-0.05, 0) is 17.9 Å². The number of ether oxygens (including phenoxy) is 1. The predicted octanol–water partition coefficient (Wildman–Crippen LogP) is 2.47. The monoisotopic (exact) mass is 358 g/mol. The Balaban J connectivity index is 5.63. The SMILES string of the molecule is CCCCC(CC)CC(CC(=O)O)=C(CC(=O)O)C(=O)OCC(=O)O. The lowest BCUT2D eigenvalue weighted by atomic mass is 9.87. The fourth-order valence-corrected chi connectivity index (χ4v) is 2.48. The van der Waals surface area contributed by atoms with Crippen molar-refractivity contribution in [3.05, 3.63) is 11.1 Å². The van der Waals surface area contributed by atoms with Crippen molar-refractivity contribution >= 4 is 23.9 Å². The molecule has 3 N–H and O–H groups in total. The molecule has 25 heavy (non-hydrogen) atoms. The molecule has 0 spiro atoms. The lowest BCUT2D eigenvalue weighted by Crippen LogP contribution is -2.19. The van der Waals surface area contributed by atoms with Crippen LogP contribution in [0.2, 0.25) is 0 Å². The molecule has 0 fully saturated rings. The molecule has 0 aromatic carbocycles. The number of esters is 1. The van der Waals surface area contributed by atoms with E-state index in [1.807, 2.05) is 13.8 Å². The minimum absolute atomic E-state index is 0.116. The van der Waals surface area contributed by atoms with Crippen LogP contribution in [0.3, 0.4) is 0 Å². The summed E-state index contributed by atoms with van der Waals surface area (Å²) in [5.74, 6) is -4.85. The van der Waals surface area contributed by atoms with Gasteiger partial charge in [0, 0.05) is 5.57 Å². The van der Waals surface area contributed by atoms with Crippen LogP contribution in [0.1, 0.15) is 58.8 Å². The molecule has 8 nitrogen and oxygen atoms in total. The van der Waals surface area contributed by atoms with Gasteiger partial charge in [0.1, 0.15) is 0 Å². The first-order chi connectivity index (χ1) is 11.7. The first-order valence-electron chi connectivity index (χ1n) is 8.24. The molecule has 0 saturated carbocycles. The second-order valence-corrected chi connectivity index (χ2v) is 5.81. The smallest absolute Gasteiger partial charge is 0.341 e. The number of carboxylic acid groups (broad SMARTS) is 3. The lowest BCUT2D eigenvalue weighted by Gasteiger charge is -2.18. The maximum absolute atomic E-state index is 12.1. The number of hydrogen-bond acceptors (Lipinski definition) is 5. The Morgan fingerprint density at radius 3 is 1.96 bits per heavy atom. The zero-order valence-electron chi connectivity index (χ0n) is 14.6. The molecule has 142 valence electrons. The van der Waals surface area contributed by atoms with Crippen molar-refractivity contribution in [1.29, 1.82) is 0 Å². The minimum atomic E-state index is -1.38. The fraction of sp³-hybridized carbons (Fsp3) is 0.647. The van der Waals surface area contributed by atoms with Gasteiger partial charge < -0.3 is 20.1 Å². The van der Waals surface area contributed by atoms with Crippen LogP contribution >= 0.6 is 0 Å². The molecule has 0 aliphatic carbocycles. The summed E-state index contributed by atoms with van der Waals surface area (Å²) in [6, 6.07) is 0. The normalized spacial score (nSPS) is 12.9. The third-order valence-electron chi connectivity index (χ3n) is 3.77. The summed E-state index contributed by atoms with van der Waals surface area (Å²) >= 11 is 0. The summed E-state index contributed by atoms with van der Waals surface area (Å²) in [7, 11) is 0. The Kier molecular flexibility index (Phi) is 10.9. The lowest BCUT2D eigenvalue weighted by molar-refractivity contribution is -0.153. The van der Waals surface area contributed by atoms with E-state index in [9.17, 15) is 19.2 Å². The molecule has 0 aliphatic rings. The van der Waals surface area contributed by atoms with Gasteiger partial charge in [0.25, 0.3) is 0 Å². The van der Waals surface area contributed by atoms with Crippen LogP contribution in [-0.2, 0) is 23.9 Å². The van der Waals surface area contributed by atoms with E-state index in [0.717, 1.165) is 25.7 Å². The summed E-state index contributed by atoms with van der Waals surface area (Å²) in [6.45, 7) is 3.06. The predicted molar refractivity (Wildman–Crippen MR) is 88.0 cm³/mol. The van der Waals surface area contributed by atoms with Crippen molar-refractivity contribution in [2.45, 2.75) is 58.8 Å². The number of hydrogen-bond donors (Lipinski definition) is 3. The third-order valence-corrected chi connectivity index (χ3v) is 3.77. The molecular weight excluding hydrogens is 332 g/mol. The minimum Gasteiger partial charge on any atom is -0.481 e. The maximum Gasteiger partial charge on any atom is 0.341 e. The molecular formula is C17H26O8. The molecule has 0 rings (SSSR count). The molecule has 8 heteroatoms. The highest BCUT2D eigenvalue weighted by atomic mass is 16.5.